The first kappa shape index (κ1) is 13.8. The fourth-order valence-electron chi connectivity index (χ4n) is 1.74. The number of hydrogen-bond donors (Lipinski definition) is 2. The van der Waals surface area contributed by atoms with Gasteiger partial charge in [-0.1, -0.05) is 5.10 Å². The molecule has 19 heavy (non-hydrogen) atoms. The van der Waals surface area contributed by atoms with Gasteiger partial charge < -0.3 is 20.0 Å². The van der Waals surface area contributed by atoms with Gasteiger partial charge in [-0.2, -0.15) is 0 Å². The Morgan fingerprint density at radius 1 is 1.37 bits per heavy atom. The highest BCUT2D eigenvalue weighted by molar-refractivity contribution is 5.76. The SMILES string of the molecule is CC(C)(C)NCc1nnc(N2CCNC(=O)CC2)o1. The quantitative estimate of drug-likeness (QED) is 0.818. The Morgan fingerprint density at radius 2 is 2.16 bits per heavy atom. The molecule has 0 bridgehead atoms. The van der Waals surface area contributed by atoms with Crippen molar-refractivity contribution in [2.24, 2.45) is 0 Å². The molecule has 106 valence electrons. The van der Waals surface area contributed by atoms with Crippen molar-refractivity contribution in [1.29, 1.82) is 0 Å². The molecule has 0 aliphatic carbocycles. The average Bonchev–Trinajstić information content (AvgIpc) is 2.69. The lowest BCUT2D eigenvalue weighted by molar-refractivity contribution is -0.120. The number of carbonyl (C=O) groups excluding carboxylic acids is 1. The van der Waals surface area contributed by atoms with E-state index in [9.17, 15) is 4.79 Å². The van der Waals surface area contributed by atoms with E-state index in [1.54, 1.807) is 0 Å². The van der Waals surface area contributed by atoms with Gasteiger partial charge in [-0.3, -0.25) is 4.79 Å². The number of amides is 1. The van der Waals surface area contributed by atoms with Crippen LogP contribution in [0.15, 0.2) is 4.42 Å². The molecule has 0 radical (unpaired) electrons. The van der Waals surface area contributed by atoms with E-state index >= 15 is 0 Å². The van der Waals surface area contributed by atoms with Crippen LogP contribution < -0.4 is 15.5 Å². The minimum Gasteiger partial charge on any atom is -0.407 e. The van der Waals surface area contributed by atoms with Crippen molar-refractivity contribution in [3.05, 3.63) is 5.89 Å². The van der Waals surface area contributed by atoms with Gasteiger partial charge in [0.05, 0.1) is 6.54 Å². The maximum Gasteiger partial charge on any atom is 0.318 e. The second-order valence-electron chi connectivity index (χ2n) is 5.67. The van der Waals surface area contributed by atoms with Crippen molar-refractivity contribution >= 4 is 11.9 Å². The predicted octanol–water partition coefficient (Wildman–Crippen LogP) is 0.284. The van der Waals surface area contributed by atoms with Gasteiger partial charge in [-0.15, -0.1) is 5.10 Å². The smallest absolute Gasteiger partial charge is 0.318 e. The molecule has 1 aromatic heterocycles. The summed E-state index contributed by atoms with van der Waals surface area (Å²) in [6, 6.07) is 0.488. The fraction of sp³-hybridized carbons (Fsp3) is 0.750. The summed E-state index contributed by atoms with van der Waals surface area (Å²) < 4.78 is 5.61. The van der Waals surface area contributed by atoms with E-state index in [1.165, 1.54) is 0 Å². The Kier molecular flexibility index (Phi) is 4.04. The first-order valence-corrected chi connectivity index (χ1v) is 6.53. The zero-order valence-corrected chi connectivity index (χ0v) is 11.7. The molecular formula is C12H21N5O2. The summed E-state index contributed by atoms with van der Waals surface area (Å²) >= 11 is 0. The normalized spacial score (nSPS) is 17.2. The number of rotatable bonds is 3. The molecule has 0 aromatic carbocycles. The molecule has 0 unspecified atom stereocenters. The lowest BCUT2D eigenvalue weighted by Gasteiger charge is -2.19. The van der Waals surface area contributed by atoms with Crippen LogP contribution in [-0.2, 0) is 11.3 Å². The van der Waals surface area contributed by atoms with Gasteiger partial charge in [-0.05, 0) is 20.8 Å². The molecule has 1 aliphatic heterocycles. The van der Waals surface area contributed by atoms with E-state index in [1.807, 2.05) is 4.90 Å². The van der Waals surface area contributed by atoms with Gasteiger partial charge in [0.2, 0.25) is 11.8 Å². The second kappa shape index (κ2) is 5.56. The summed E-state index contributed by atoms with van der Waals surface area (Å²) in [5, 5.41) is 14.2. The monoisotopic (exact) mass is 267 g/mol. The first-order valence-electron chi connectivity index (χ1n) is 6.53. The van der Waals surface area contributed by atoms with Gasteiger partial charge in [0, 0.05) is 31.6 Å². The number of carbonyl (C=O) groups is 1. The van der Waals surface area contributed by atoms with Gasteiger partial charge in [0.15, 0.2) is 0 Å². The maximum absolute atomic E-state index is 11.3. The molecule has 2 heterocycles. The van der Waals surface area contributed by atoms with Crippen LogP contribution in [0.5, 0.6) is 0 Å². The molecule has 7 heteroatoms. The van der Waals surface area contributed by atoms with Crippen molar-refractivity contribution < 1.29 is 9.21 Å². The highest BCUT2D eigenvalue weighted by Gasteiger charge is 2.19. The number of hydrogen-bond acceptors (Lipinski definition) is 6. The molecule has 2 N–H and O–H groups in total. The lowest BCUT2D eigenvalue weighted by Crippen LogP contribution is -2.35. The molecule has 1 fully saturated rings. The van der Waals surface area contributed by atoms with E-state index in [-0.39, 0.29) is 11.4 Å². The number of aromatic nitrogens is 2. The largest absolute Gasteiger partial charge is 0.407 e. The lowest BCUT2D eigenvalue weighted by atomic mass is 10.1. The van der Waals surface area contributed by atoms with E-state index in [0.717, 1.165) is 0 Å². The summed E-state index contributed by atoms with van der Waals surface area (Å²) in [6.07, 6.45) is 0.456. The van der Waals surface area contributed by atoms with Crippen LogP contribution in [-0.4, -0.2) is 41.3 Å². The topological polar surface area (TPSA) is 83.3 Å². The molecule has 1 saturated heterocycles. The van der Waals surface area contributed by atoms with E-state index < -0.39 is 0 Å². The Labute approximate surface area is 112 Å². The minimum absolute atomic E-state index is 0.00752. The van der Waals surface area contributed by atoms with Gasteiger partial charge >= 0.3 is 6.01 Å². The van der Waals surface area contributed by atoms with E-state index in [2.05, 4.69) is 41.6 Å². The van der Waals surface area contributed by atoms with Crippen molar-refractivity contribution in [2.75, 3.05) is 24.5 Å². The van der Waals surface area contributed by atoms with Crippen molar-refractivity contribution in [3.8, 4) is 0 Å². The first-order chi connectivity index (χ1) is 8.94. The van der Waals surface area contributed by atoms with Crippen LogP contribution in [0.2, 0.25) is 0 Å². The standard InChI is InChI=1S/C12H21N5O2/c1-12(2,3)14-8-10-15-16-11(19-10)17-6-4-9(18)13-5-7-17/h14H,4-8H2,1-3H3,(H,13,18). The molecule has 0 saturated carbocycles. The van der Waals surface area contributed by atoms with Gasteiger partial charge in [-0.25, -0.2) is 0 Å². The maximum atomic E-state index is 11.3. The third-order valence-corrected chi connectivity index (χ3v) is 2.81. The van der Waals surface area contributed by atoms with Crippen LogP contribution in [0.1, 0.15) is 33.1 Å². The Hall–Kier alpha value is -1.63. The van der Waals surface area contributed by atoms with Crippen LogP contribution in [0.25, 0.3) is 0 Å². The Bertz CT molecular complexity index is 438. The summed E-state index contributed by atoms with van der Waals surface area (Å²) in [5.41, 5.74) is 0.00752. The Morgan fingerprint density at radius 3 is 2.89 bits per heavy atom. The fourth-order valence-corrected chi connectivity index (χ4v) is 1.74. The van der Waals surface area contributed by atoms with Crippen LogP contribution in [0, 0.1) is 0 Å². The van der Waals surface area contributed by atoms with Crippen LogP contribution in [0.4, 0.5) is 6.01 Å². The Balaban J connectivity index is 1.94. The van der Waals surface area contributed by atoms with Crippen LogP contribution in [0.3, 0.4) is 0 Å². The predicted molar refractivity (Wildman–Crippen MR) is 70.7 cm³/mol. The number of anilines is 1. The molecule has 2 rings (SSSR count). The summed E-state index contributed by atoms with van der Waals surface area (Å²) in [5.74, 6) is 0.630. The van der Waals surface area contributed by atoms with Gasteiger partial charge in [0.25, 0.3) is 0 Å². The molecule has 0 spiro atoms. The van der Waals surface area contributed by atoms with Gasteiger partial charge in [0.1, 0.15) is 0 Å². The molecule has 1 aromatic rings. The number of nitrogens with zero attached hydrogens (tertiary/aromatic N) is 3. The van der Waals surface area contributed by atoms with Crippen LogP contribution >= 0.6 is 0 Å². The zero-order valence-electron chi connectivity index (χ0n) is 11.7. The molecule has 1 aliphatic rings. The van der Waals surface area contributed by atoms with Crippen molar-refractivity contribution in [1.82, 2.24) is 20.8 Å². The highest BCUT2D eigenvalue weighted by Crippen LogP contribution is 2.14. The summed E-state index contributed by atoms with van der Waals surface area (Å²) in [4.78, 5) is 13.2. The van der Waals surface area contributed by atoms with E-state index in [0.29, 0.717) is 44.5 Å². The third kappa shape index (κ3) is 4.20. The summed E-state index contributed by atoms with van der Waals surface area (Å²) in [7, 11) is 0. The zero-order chi connectivity index (χ0) is 13.9. The molecule has 0 atom stereocenters. The van der Waals surface area contributed by atoms with E-state index in [4.69, 9.17) is 4.42 Å². The second-order valence-corrected chi connectivity index (χ2v) is 5.67. The minimum atomic E-state index is 0.00752. The average molecular weight is 267 g/mol. The third-order valence-electron chi connectivity index (χ3n) is 2.81. The van der Waals surface area contributed by atoms with Crippen molar-refractivity contribution in [3.63, 3.8) is 0 Å². The van der Waals surface area contributed by atoms with Crippen molar-refractivity contribution in [2.45, 2.75) is 39.3 Å². The highest BCUT2D eigenvalue weighted by atomic mass is 16.4. The molecule has 7 nitrogen and oxygen atoms in total. The molecule has 1 amide bonds. The molecular weight excluding hydrogens is 246 g/mol. The number of nitrogens with one attached hydrogen (secondary N) is 2. The summed E-state index contributed by atoms with van der Waals surface area (Å²) in [6.45, 7) is 8.70.